The van der Waals surface area contributed by atoms with E-state index < -0.39 is 0 Å². The molecule has 82 valence electrons. The number of carbonyl (C=O) groups excluding carboxylic acids is 1. The Hall–Kier alpha value is -1.45. The Kier molecular flexibility index (Phi) is 4.21. The fourth-order valence-electron chi connectivity index (χ4n) is 1.07. The Morgan fingerprint density at radius 1 is 1.53 bits per heavy atom. The molecule has 4 heteroatoms. The summed E-state index contributed by atoms with van der Waals surface area (Å²) in [4.78, 5) is 18.6. The van der Waals surface area contributed by atoms with Gasteiger partial charge in [0.05, 0.1) is 6.61 Å². The minimum Gasteiger partial charge on any atom is -0.477 e. The quantitative estimate of drug-likeness (QED) is 0.689. The van der Waals surface area contributed by atoms with Crippen LogP contribution in [0.1, 0.15) is 25.2 Å². The summed E-state index contributed by atoms with van der Waals surface area (Å²) in [5.74, 6) is 1.62. The Morgan fingerprint density at radius 3 is 2.87 bits per heavy atom. The lowest BCUT2D eigenvalue weighted by molar-refractivity contribution is -0.107. The standard InChI is InChI=1S/C11H16N2O2/c1-8(2)7-15-11-10(4-5-14)6-12-9(3)13-11/h5-6,8H,4,7H2,1-3H3. The largest absolute Gasteiger partial charge is 0.477 e. The second-order valence-electron chi connectivity index (χ2n) is 3.82. The molecule has 0 atom stereocenters. The Bertz CT molecular complexity index is 337. The third-order valence-corrected chi connectivity index (χ3v) is 1.80. The number of aldehydes is 1. The lowest BCUT2D eigenvalue weighted by atomic mass is 10.2. The molecule has 0 aliphatic heterocycles. The smallest absolute Gasteiger partial charge is 0.220 e. The first kappa shape index (κ1) is 11.6. The summed E-state index contributed by atoms with van der Waals surface area (Å²) in [5, 5.41) is 0. The van der Waals surface area contributed by atoms with Gasteiger partial charge in [0.25, 0.3) is 0 Å². The van der Waals surface area contributed by atoms with Gasteiger partial charge in [-0.1, -0.05) is 13.8 Å². The SMILES string of the molecule is Cc1ncc(CC=O)c(OCC(C)C)n1. The summed E-state index contributed by atoms with van der Waals surface area (Å²) in [6, 6.07) is 0. The van der Waals surface area contributed by atoms with Crippen molar-refractivity contribution >= 4 is 6.29 Å². The van der Waals surface area contributed by atoms with Crippen LogP contribution in [0.4, 0.5) is 0 Å². The van der Waals surface area contributed by atoms with Gasteiger partial charge in [-0.25, -0.2) is 4.98 Å². The highest BCUT2D eigenvalue weighted by Crippen LogP contribution is 2.15. The van der Waals surface area contributed by atoms with Gasteiger partial charge in [0, 0.05) is 18.2 Å². The number of rotatable bonds is 5. The zero-order valence-corrected chi connectivity index (χ0v) is 9.36. The molecule has 0 saturated heterocycles. The third kappa shape index (κ3) is 3.65. The fourth-order valence-corrected chi connectivity index (χ4v) is 1.07. The predicted octanol–water partition coefficient (Wildman–Crippen LogP) is 1.56. The average molecular weight is 208 g/mol. The highest BCUT2D eigenvalue weighted by molar-refractivity contribution is 5.56. The highest BCUT2D eigenvalue weighted by atomic mass is 16.5. The van der Waals surface area contributed by atoms with Crippen LogP contribution < -0.4 is 4.74 Å². The van der Waals surface area contributed by atoms with E-state index in [4.69, 9.17) is 4.74 Å². The third-order valence-electron chi connectivity index (χ3n) is 1.80. The number of ether oxygens (including phenoxy) is 1. The number of carbonyl (C=O) groups is 1. The number of nitrogens with zero attached hydrogens (tertiary/aromatic N) is 2. The molecule has 0 fully saturated rings. The van der Waals surface area contributed by atoms with Crippen LogP contribution in [-0.2, 0) is 11.2 Å². The zero-order valence-electron chi connectivity index (χ0n) is 9.36. The van der Waals surface area contributed by atoms with Crippen LogP contribution in [0.5, 0.6) is 5.88 Å². The molecule has 1 rings (SSSR count). The Balaban J connectivity index is 2.81. The number of hydrogen-bond acceptors (Lipinski definition) is 4. The molecule has 0 aliphatic carbocycles. The van der Waals surface area contributed by atoms with Crippen molar-refractivity contribution in [2.45, 2.75) is 27.2 Å². The first-order chi connectivity index (χ1) is 7.13. The van der Waals surface area contributed by atoms with Crippen molar-refractivity contribution in [2.24, 2.45) is 5.92 Å². The highest BCUT2D eigenvalue weighted by Gasteiger charge is 2.07. The number of aromatic nitrogens is 2. The monoisotopic (exact) mass is 208 g/mol. The normalized spacial score (nSPS) is 10.4. The van der Waals surface area contributed by atoms with E-state index in [0.29, 0.717) is 30.7 Å². The second kappa shape index (κ2) is 5.44. The van der Waals surface area contributed by atoms with Crippen molar-refractivity contribution in [1.82, 2.24) is 9.97 Å². The van der Waals surface area contributed by atoms with Crippen LogP contribution in [0.25, 0.3) is 0 Å². The number of hydrogen-bond donors (Lipinski definition) is 0. The lowest BCUT2D eigenvalue weighted by Gasteiger charge is -2.10. The van der Waals surface area contributed by atoms with Crippen LogP contribution in [0.3, 0.4) is 0 Å². The van der Waals surface area contributed by atoms with Gasteiger partial charge in [-0.2, -0.15) is 4.98 Å². The van der Waals surface area contributed by atoms with Crippen LogP contribution >= 0.6 is 0 Å². The molecular weight excluding hydrogens is 192 g/mol. The maximum atomic E-state index is 10.4. The topological polar surface area (TPSA) is 52.1 Å². The van der Waals surface area contributed by atoms with Crippen molar-refractivity contribution in [3.8, 4) is 5.88 Å². The van der Waals surface area contributed by atoms with E-state index in [1.165, 1.54) is 0 Å². The molecule has 0 bridgehead atoms. The van der Waals surface area contributed by atoms with E-state index >= 15 is 0 Å². The maximum absolute atomic E-state index is 10.4. The summed E-state index contributed by atoms with van der Waals surface area (Å²) in [6.45, 7) is 6.52. The average Bonchev–Trinajstić information content (AvgIpc) is 2.18. The van der Waals surface area contributed by atoms with Crippen LogP contribution in [0, 0.1) is 12.8 Å². The predicted molar refractivity (Wildman–Crippen MR) is 56.9 cm³/mol. The van der Waals surface area contributed by atoms with Gasteiger partial charge < -0.3 is 9.53 Å². The van der Waals surface area contributed by atoms with E-state index in [-0.39, 0.29) is 0 Å². The maximum Gasteiger partial charge on any atom is 0.220 e. The minimum atomic E-state index is 0.299. The summed E-state index contributed by atoms with van der Waals surface area (Å²) >= 11 is 0. The summed E-state index contributed by atoms with van der Waals surface area (Å²) in [7, 11) is 0. The van der Waals surface area contributed by atoms with Crippen molar-refractivity contribution in [3.05, 3.63) is 17.6 Å². The molecule has 0 spiro atoms. The van der Waals surface area contributed by atoms with Crippen molar-refractivity contribution in [2.75, 3.05) is 6.61 Å². The van der Waals surface area contributed by atoms with E-state index in [0.717, 1.165) is 11.8 Å². The van der Waals surface area contributed by atoms with Gasteiger partial charge in [-0.3, -0.25) is 0 Å². The Labute approximate surface area is 89.7 Å². The molecule has 0 radical (unpaired) electrons. The van der Waals surface area contributed by atoms with Gasteiger partial charge in [0.1, 0.15) is 12.1 Å². The van der Waals surface area contributed by atoms with Crippen molar-refractivity contribution < 1.29 is 9.53 Å². The summed E-state index contributed by atoms with van der Waals surface area (Å²) < 4.78 is 5.52. The van der Waals surface area contributed by atoms with Gasteiger partial charge in [-0.15, -0.1) is 0 Å². The van der Waals surface area contributed by atoms with E-state index in [9.17, 15) is 4.79 Å². The summed E-state index contributed by atoms with van der Waals surface area (Å²) in [5.41, 5.74) is 0.747. The van der Waals surface area contributed by atoms with Crippen LogP contribution in [0.2, 0.25) is 0 Å². The number of aryl methyl sites for hydroxylation is 1. The van der Waals surface area contributed by atoms with Crippen LogP contribution in [-0.4, -0.2) is 22.9 Å². The molecular formula is C11H16N2O2. The Morgan fingerprint density at radius 2 is 2.27 bits per heavy atom. The molecule has 15 heavy (non-hydrogen) atoms. The summed E-state index contributed by atoms with van der Waals surface area (Å²) in [6.07, 6.45) is 2.77. The molecule has 0 aromatic carbocycles. The van der Waals surface area contributed by atoms with E-state index in [2.05, 4.69) is 23.8 Å². The molecule has 1 aromatic heterocycles. The van der Waals surface area contributed by atoms with Gasteiger partial charge in [-0.05, 0) is 12.8 Å². The first-order valence-corrected chi connectivity index (χ1v) is 5.02. The van der Waals surface area contributed by atoms with E-state index in [1.807, 2.05) is 0 Å². The van der Waals surface area contributed by atoms with Crippen molar-refractivity contribution in [1.29, 1.82) is 0 Å². The first-order valence-electron chi connectivity index (χ1n) is 5.02. The molecule has 0 N–H and O–H groups in total. The van der Waals surface area contributed by atoms with Gasteiger partial charge in [0.15, 0.2) is 0 Å². The second-order valence-corrected chi connectivity index (χ2v) is 3.82. The van der Waals surface area contributed by atoms with E-state index in [1.54, 1.807) is 13.1 Å². The lowest BCUT2D eigenvalue weighted by Crippen LogP contribution is -2.09. The zero-order chi connectivity index (χ0) is 11.3. The molecule has 4 nitrogen and oxygen atoms in total. The van der Waals surface area contributed by atoms with Gasteiger partial charge in [0.2, 0.25) is 5.88 Å². The molecule has 0 unspecified atom stereocenters. The molecule has 1 heterocycles. The van der Waals surface area contributed by atoms with Crippen molar-refractivity contribution in [3.63, 3.8) is 0 Å². The minimum absolute atomic E-state index is 0.299. The molecule has 0 saturated carbocycles. The molecule has 0 amide bonds. The molecule has 0 aliphatic rings. The van der Waals surface area contributed by atoms with Gasteiger partial charge >= 0.3 is 0 Å². The molecule has 1 aromatic rings. The van der Waals surface area contributed by atoms with Crippen LogP contribution in [0.15, 0.2) is 6.20 Å². The fraction of sp³-hybridized carbons (Fsp3) is 0.545.